The number of rotatable bonds is 3. The van der Waals surface area contributed by atoms with Gasteiger partial charge < -0.3 is 4.57 Å². The van der Waals surface area contributed by atoms with Gasteiger partial charge in [0.2, 0.25) is 0 Å². The van der Waals surface area contributed by atoms with Crippen LogP contribution in [-0.2, 0) is 0 Å². The summed E-state index contributed by atoms with van der Waals surface area (Å²) in [5.74, 6) is 0. The maximum absolute atomic E-state index is 3.41. The first-order valence-electron chi connectivity index (χ1n) is 10.6. The van der Waals surface area contributed by atoms with Gasteiger partial charge in [-0.05, 0) is 41.5 Å². The Labute approximate surface area is 181 Å². The Hall–Kier alpha value is -4.10. The summed E-state index contributed by atoms with van der Waals surface area (Å²) in [6.45, 7) is 0. The van der Waals surface area contributed by atoms with Gasteiger partial charge in [-0.2, -0.15) is 0 Å². The van der Waals surface area contributed by atoms with Crippen molar-refractivity contribution in [1.29, 1.82) is 0 Å². The summed E-state index contributed by atoms with van der Waals surface area (Å²) < 4.78 is 2.42. The molecule has 0 aliphatic rings. The van der Waals surface area contributed by atoms with Gasteiger partial charge in [0.1, 0.15) is 0 Å². The molecule has 0 spiro atoms. The van der Waals surface area contributed by atoms with Crippen LogP contribution in [0.2, 0.25) is 0 Å². The van der Waals surface area contributed by atoms with E-state index in [2.05, 4.69) is 132 Å². The molecule has 0 fully saturated rings. The zero-order valence-electron chi connectivity index (χ0n) is 17.0. The quantitative estimate of drug-likeness (QED) is 0.287. The van der Waals surface area contributed by atoms with Gasteiger partial charge in [0.25, 0.3) is 0 Å². The third-order valence-corrected chi connectivity index (χ3v) is 5.94. The Kier molecular flexibility index (Phi) is 4.18. The van der Waals surface area contributed by atoms with Crippen molar-refractivity contribution in [3.8, 4) is 27.9 Å². The highest BCUT2D eigenvalue weighted by Gasteiger charge is 2.19. The third-order valence-electron chi connectivity index (χ3n) is 5.94. The van der Waals surface area contributed by atoms with Gasteiger partial charge in [-0.15, -0.1) is 0 Å². The summed E-state index contributed by atoms with van der Waals surface area (Å²) in [4.78, 5) is 0. The molecule has 0 unspecified atom stereocenters. The van der Waals surface area contributed by atoms with E-state index in [1.807, 2.05) is 0 Å². The molecule has 0 N–H and O–H groups in total. The molecule has 0 aliphatic heterocycles. The number of nitrogens with zero attached hydrogens (tertiary/aromatic N) is 1. The third kappa shape index (κ3) is 2.86. The van der Waals surface area contributed by atoms with Crippen LogP contribution < -0.4 is 0 Å². The summed E-state index contributed by atoms with van der Waals surface area (Å²) in [5.41, 5.74) is 8.34. The van der Waals surface area contributed by atoms with Gasteiger partial charge in [0.15, 0.2) is 0 Å². The maximum atomic E-state index is 3.41. The fourth-order valence-corrected chi connectivity index (χ4v) is 4.57. The fraction of sp³-hybridized carbons (Fsp3) is 0. The van der Waals surface area contributed by atoms with E-state index in [-0.39, 0.29) is 0 Å². The average Bonchev–Trinajstić information content (AvgIpc) is 3.19. The minimum absolute atomic E-state index is 1.17. The zero-order valence-corrected chi connectivity index (χ0v) is 17.0. The standard InChI is InChI=1S/C30H20N/c1-3-12-22(13-4-1)24-18-11-19-25(23-14-5-2-6-15-23)30(24)31-28-20-9-7-16-26(28)27-17-8-10-21-29(27)31/h1-10,12-21H. The molecule has 1 heteroatoms. The highest BCUT2D eigenvalue weighted by atomic mass is 15.0. The van der Waals surface area contributed by atoms with Crippen LogP contribution in [0.3, 0.4) is 0 Å². The summed E-state index contributed by atoms with van der Waals surface area (Å²) in [5, 5.41) is 2.54. The summed E-state index contributed by atoms with van der Waals surface area (Å²) >= 11 is 0. The molecule has 0 amide bonds. The first-order chi connectivity index (χ1) is 15.4. The van der Waals surface area contributed by atoms with Crippen molar-refractivity contribution in [3.05, 3.63) is 127 Å². The largest absolute Gasteiger partial charge is 0.308 e. The van der Waals surface area contributed by atoms with Crippen LogP contribution in [0.25, 0.3) is 49.7 Å². The van der Waals surface area contributed by atoms with Crippen LogP contribution in [0.1, 0.15) is 0 Å². The van der Waals surface area contributed by atoms with E-state index in [9.17, 15) is 0 Å². The first-order valence-corrected chi connectivity index (χ1v) is 10.6. The number of aromatic nitrogens is 1. The lowest BCUT2D eigenvalue weighted by Crippen LogP contribution is -2.00. The molecule has 1 aromatic heterocycles. The van der Waals surface area contributed by atoms with Crippen molar-refractivity contribution < 1.29 is 0 Å². The normalized spacial score (nSPS) is 11.2. The predicted octanol–water partition coefficient (Wildman–Crippen LogP) is 7.92. The Morgan fingerprint density at radius 1 is 0.452 bits per heavy atom. The molecule has 1 nitrogen and oxygen atoms in total. The number of para-hydroxylation sites is 2. The molecule has 0 bridgehead atoms. The zero-order chi connectivity index (χ0) is 20.6. The van der Waals surface area contributed by atoms with E-state index in [1.165, 1.54) is 49.7 Å². The molecule has 5 aromatic carbocycles. The first kappa shape index (κ1) is 17.7. The monoisotopic (exact) mass is 394 g/mol. The lowest BCUT2D eigenvalue weighted by atomic mass is 9.95. The van der Waals surface area contributed by atoms with Gasteiger partial charge >= 0.3 is 0 Å². The number of hydrogen-bond donors (Lipinski definition) is 0. The smallest absolute Gasteiger partial charge is 0.0619 e. The topological polar surface area (TPSA) is 4.93 Å². The van der Waals surface area contributed by atoms with Crippen LogP contribution in [0.5, 0.6) is 0 Å². The maximum Gasteiger partial charge on any atom is 0.0619 e. The van der Waals surface area contributed by atoms with Crippen molar-refractivity contribution in [2.75, 3.05) is 0 Å². The van der Waals surface area contributed by atoms with E-state index >= 15 is 0 Å². The van der Waals surface area contributed by atoms with E-state index in [1.54, 1.807) is 0 Å². The van der Waals surface area contributed by atoms with E-state index in [4.69, 9.17) is 0 Å². The minimum atomic E-state index is 1.17. The molecular formula is C30H20N. The second-order valence-electron chi connectivity index (χ2n) is 7.73. The van der Waals surface area contributed by atoms with E-state index in [0.29, 0.717) is 0 Å². The Morgan fingerprint density at radius 3 is 1.35 bits per heavy atom. The molecule has 0 saturated carbocycles. The van der Waals surface area contributed by atoms with Gasteiger partial charge in [0.05, 0.1) is 16.7 Å². The predicted molar refractivity (Wildman–Crippen MR) is 130 cm³/mol. The van der Waals surface area contributed by atoms with Crippen molar-refractivity contribution >= 4 is 21.8 Å². The molecular weight excluding hydrogens is 374 g/mol. The van der Waals surface area contributed by atoms with Crippen LogP contribution in [0, 0.1) is 6.07 Å². The molecule has 1 radical (unpaired) electrons. The van der Waals surface area contributed by atoms with Gasteiger partial charge in [-0.25, -0.2) is 0 Å². The second kappa shape index (κ2) is 7.30. The fourth-order valence-electron chi connectivity index (χ4n) is 4.57. The van der Waals surface area contributed by atoms with Crippen molar-refractivity contribution in [2.24, 2.45) is 0 Å². The molecule has 6 rings (SSSR count). The molecule has 0 saturated heterocycles. The van der Waals surface area contributed by atoms with Crippen LogP contribution in [0.15, 0.2) is 121 Å². The van der Waals surface area contributed by atoms with Gasteiger partial charge in [0, 0.05) is 21.9 Å². The van der Waals surface area contributed by atoms with E-state index in [0.717, 1.165) is 0 Å². The molecule has 31 heavy (non-hydrogen) atoms. The van der Waals surface area contributed by atoms with E-state index < -0.39 is 0 Å². The molecule has 145 valence electrons. The highest BCUT2D eigenvalue weighted by molar-refractivity contribution is 6.10. The SMILES string of the molecule is [c]1cc(-c2ccccc2)c(-n2c3ccccc3c3ccccc32)c(-c2ccccc2)c1. The molecule has 1 heterocycles. The second-order valence-corrected chi connectivity index (χ2v) is 7.73. The van der Waals surface area contributed by atoms with Crippen LogP contribution in [-0.4, -0.2) is 4.57 Å². The van der Waals surface area contributed by atoms with Crippen molar-refractivity contribution in [2.45, 2.75) is 0 Å². The molecule has 6 aromatic rings. The van der Waals surface area contributed by atoms with Gasteiger partial charge in [-0.3, -0.25) is 0 Å². The Bertz CT molecular complexity index is 1400. The van der Waals surface area contributed by atoms with Crippen LogP contribution >= 0.6 is 0 Å². The highest BCUT2D eigenvalue weighted by Crippen LogP contribution is 2.40. The number of benzene rings is 5. The van der Waals surface area contributed by atoms with Crippen molar-refractivity contribution in [3.63, 3.8) is 0 Å². The van der Waals surface area contributed by atoms with Crippen LogP contribution in [0.4, 0.5) is 0 Å². The molecule has 0 atom stereocenters. The number of hydrogen-bond acceptors (Lipinski definition) is 0. The Morgan fingerprint density at radius 2 is 0.871 bits per heavy atom. The lowest BCUT2D eigenvalue weighted by molar-refractivity contribution is 1.18. The minimum Gasteiger partial charge on any atom is -0.308 e. The average molecular weight is 394 g/mol. The molecule has 0 aliphatic carbocycles. The summed E-state index contributed by atoms with van der Waals surface area (Å²) in [7, 11) is 0. The summed E-state index contributed by atoms with van der Waals surface area (Å²) in [6.07, 6.45) is 0. The Balaban J connectivity index is 1.81. The summed E-state index contributed by atoms with van der Waals surface area (Å²) in [6, 6.07) is 46.2. The van der Waals surface area contributed by atoms with Crippen molar-refractivity contribution in [1.82, 2.24) is 4.57 Å². The van der Waals surface area contributed by atoms with Gasteiger partial charge in [-0.1, -0.05) is 97.1 Å². The number of fused-ring (bicyclic) bond motifs is 3. The lowest BCUT2D eigenvalue weighted by Gasteiger charge is -2.19.